The third-order valence-electron chi connectivity index (χ3n) is 2.43. The summed E-state index contributed by atoms with van der Waals surface area (Å²) in [5.74, 6) is 1.34. The molecule has 5 nitrogen and oxygen atoms in total. The Labute approximate surface area is 99.0 Å². The topological polar surface area (TPSA) is 74.7 Å². The second-order valence-corrected chi connectivity index (χ2v) is 3.54. The second kappa shape index (κ2) is 4.66. The van der Waals surface area contributed by atoms with Crippen LogP contribution in [0, 0.1) is 11.3 Å². The van der Waals surface area contributed by atoms with Gasteiger partial charge in [0.2, 0.25) is 0 Å². The number of nitriles is 1. The minimum Gasteiger partial charge on any atom is -0.507 e. The predicted molar refractivity (Wildman–Crippen MR) is 62.1 cm³/mol. The van der Waals surface area contributed by atoms with Gasteiger partial charge in [0.25, 0.3) is 0 Å². The molecule has 0 fully saturated rings. The number of phenols is 1. The molecule has 0 unspecified atom stereocenters. The van der Waals surface area contributed by atoms with Crippen LogP contribution in [-0.4, -0.2) is 19.9 Å². The van der Waals surface area contributed by atoms with Gasteiger partial charge in [0.05, 0.1) is 11.6 Å². The smallest absolute Gasteiger partial charge is 0.185 e. The number of aryl methyl sites for hydroxylation is 1. The summed E-state index contributed by atoms with van der Waals surface area (Å²) in [7, 11) is 0. The van der Waals surface area contributed by atoms with Crippen molar-refractivity contribution in [3.63, 3.8) is 0 Å². The van der Waals surface area contributed by atoms with Crippen LogP contribution in [0.2, 0.25) is 0 Å². The maximum absolute atomic E-state index is 9.71. The highest BCUT2D eigenvalue weighted by molar-refractivity contribution is 5.63. The molecule has 17 heavy (non-hydrogen) atoms. The first-order valence-electron chi connectivity index (χ1n) is 5.35. The van der Waals surface area contributed by atoms with E-state index in [9.17, 15) is 5.11 Å². The van der Waals surface area contributed by atoms with Gasteiger partial charge >= 0.3 is 0 Å². The summed E-state index contributed by atoms with van der Waals surface area (Å²) in [6.45, 7) is 2.12. The molecule has 0 atom stereocenters. The minimum absolute atomic E-state index is 0.143. The van der Waals surface area contributed by atoms with Gasteiger partial charge in [-0.25, -0.2) is 9.67 Å². The Bertz CT molecular complexity index is 568. The van der Waals surface area contributed by atoms with Crippen molar-refractivity contribution in [2.24, 2.45) is 0 Å². The van der Waals surface area contributed by atoms with Crippen LogP contribution in [0.4, 0.5) is 0 Å². The molecule has 0 amide bonds. The molecule has 0 saturated carbocycles. The van der Waals surface area contributed by atoms with Crippen LogP contribution in [0.15, 0.2) is 24.3 Å². The Morgan fingerprint density at radius 1 is 1.41 bits per heavy atom. The zero-order valence-electron chi connectivity index (χ0n) is 9.46. The van der Waals surface area contributed by atoms with Crippen molar-refractivity contribution in [1.29, 1.82) is 5.26 Å². The predicted octanol–water partition coefficient (Wildman–Crippen LogP) is 1.74. The lowest BCUT2D eigenvalue weighted by molar-refractivity contribution is 0.477. The van der Waals surface area contributed by atoms with Gasteiger partial charge < -0.3 is 5.11 Å². The Morgan fingerprint density at radius 3 is 2.82 bits per heavy atom. The quantitative estimate of drug-likeness (QED) is 0.868. The number of hydrogen-bond donors (Lipinski definition) is 1. The highest BCUT2D eigenvalue weighted by Crippen LogP contribution is 2.25. The average molecular weight is 228 g/mol. The summed E-state index contributed by atoms with van der Waals surface area (Å²) in [5, 5.41) is 22.6. The molecule has 1 N–H and O–H groups in total. The fourth-order valence-corrected chi connectivity index (χ4v) is 1.61. The number of nitrogens with zero attached hydrogens (tertiary/aromatic N) is 4. The van der Waals surface area contributed by atoms with E-state index in [1.807, 2.05) is 19.1 Å². The van der Waals surface area contributed by atoms with Crippen molar-refractivity contribution in [2.75, 3.05) is 0 Å². The first-order valence-corrected chi connectivity index (χ1v) is 5.35. The Hall–Kier alpha value is -2.35. The molecular weight excluding hydrogens is 216 g/mol. The van der Waals surface area contributed by atoms with Crippen LogP contribution in [0.1, 0.15) is 12.7 Å². The van der Waals surface area contributed by atoms with Gasteiger partial charge in [-0.2, -0.15) is 5.26 Å². The molecule has 5 heteroatoms. The van der Waals surface area contributed by atoms with E-state index in [2.05, 4.69) is 10.1 Å². The van der Waals surface area contributed by atoms with E-state index in [1.165, 1.54) is 0 Å². The molecule has 0 aliphatic rings. The Kier molecular flexibility index (Phi) is 3.06. The first kappa shape index (κ1) is 11.1. The summed E-state index contributed by atoms with van der Waals surface area (Å²) >= 11 is 0. The number of rotatable bonds is 3. The molecule has 0 bridgehead atoms. The zero-order valence-corrected chi connectivity index (χ0v) is 9.46. The number of aromatic hydroxyl groups is 1. The molecule has 0 aliphatic heterocycles. The van der Waals surface area contributed by atoms with Crippen molar-refractivity contribution in [3.05, 3.63) is 30.1 Å². The number of para-hydroxylation sites is 1. The summed E-state index contributed by atoms with van der Waals surface area (Å²) < 4.78 is 1.56. The number of hydrogen-bond acceptors (Lipinski definition) is 4. The van der Waals surface area contributed by atoms with Gasteiger partial charge in [0.1, 0.15) is 18.1 Å². The standard InChI is InChI=1S/C12H12N4O/c1-2-11-14-12(15-16(11)8-7-13)9-5-3-4-6-10(9)17/h3-6,17H,2,8H2,1H3. The van der Waals surface area contributed by atoms with Crippen LogP contribution in [0.3, 0.4) is 0 Å². The van der Waals surface area contributed by atoms with E-state index in [-0.39, 0.29) is 12.3 Å². The largest absolute Gasteiger partial charge is 0.507 e. The molecule has 1 aromatic heterocycles. The van der Waals surface area contributed by atoms with Crippen molar-refractivity contribution in [1.82, 2.24) is 14.8 Å². The third-order valence-corrected chi connectivity index (χ3v) is 2.43. The normalized spacial score (nSPS) is 10.1. The van der Waals surface area contributed by atoms with Crippen molar-refractivity contribution >= 4 is 0 Å². The van der Waals surface area contributed by atoms with Crippen molar-refractivity contribution < 1.29 is 5.11 Å². The lowest BCUT2D eigenvalue weighted by Gasteiger charge is -1.97. The molecule has 86 valence electrons. The van der Waals surface area contributed by atoms with E-state index in [1.54, 1.807) is 22.9 Å². The highest BCUT2D eigenvalue weighted by atomic mass is 16.3. The average Bonchev–Trinajstić information content (AvgIpc) is 2.73. The molecule has 1 aromatic carbocycles. The van der Waals surface area contributed by atoms with Crippen LogP contribution in [0.25, 0.3) is 11.4 Å². The molecule has 0 saturated heterocycles. The fourth-order valence-electron chi connectivity index (χ4n) is 1.61. The molecule has 0 spiro atoms. The molecule has 2 rings (SSSR count). The van der Waals surface area contributed by atoms with Gasteiger partial charge in [-0.1, -0.05) is 19.1 Å². The van der Waals surface area contributed by atoms with Gasteiger partial charge in [-0.05, 0) is 12.1 Å². The monoisotopic (exact) mass is 228 g/mol. The lowest BCUT2D eigenvalue weighted by Crippen LogP contribution is -2.03. The lowest BCUT2D eigenvalue weighted by atomic mass is 10.2. The van der Waals surface area contributed by atoms with E-state index >= 15 is 0 Å². The van der Waals surface area contributed by atoms with Crippen LogP contribution < -0.4 is 0 Å². The van der Waals surface area contributed by atoms with Gasteiger partial charge in [-0.3, -0.25) is 0 Å². The maximum atomic E-state index is 9.71. The van der Waals surface area contributed by atoms with Gasteiger partial charge in [0.15, 0.2) is 5.82 Å². The summed E-state index contributed by atoms with van der Waals surface area (Å²) in [6, 6.07) is 8.93. The van der Waals surface area contributed by atoms with E-state index in [0.717, 1.165) is 5.82 Å². The molecular formula is C12H12N4O. The van der Waals surface area contributed by atoms with Crippen molar-refractivity contribution in [3.8, 4) is 23.2 Å². The number of aromatic nitrogens is 3. The summed E-state index contributed by atoms with van der Waals surface area (Å²) in [6.07, 6.45) is 0.697. The van der Waals surface area contributed by atoms with E-state index in [4.69, 9.17) is 5.26 Å². The van der Waals surface area contributed by atoms with Crippen LogP contribution in [-0.2, 0) is 13.0 Å². The Balaban J connectivity index is 2.47. The number of benzene rings is 1. The highest BCUT2D eigenvalue weighted by Gasteiger charge is 2.12. The minimum atomic E-state index is 0.143. The number of phenolic OH excluding ortho intramolecular Hbond substituents is 1. The Morgan fingerprint density at radius 2 is 2.18 bits per heavy atom. The van der Waals surface area contributed by atoms with E-state index < -0.39 is 0 Å². The third kappa shape index (κ3) is 2.11. The van der Waals surface area contributed by atoms with Gasteiger partial charge in [-0.15, -0.1) is 5.10 Å². The molecule has 0 radical (unpaired) electrons. The molecule has 1 heterocycles. The second-order valence-electron chi connectivity index (χ2n) is 3.54. The zero-order chi connectivity index (χ0) is 12.3. The summed E-state index contributed by atoms with van der Waals surface area (Å²) in [4.78, 5) is 4.32. The first-order chi connectivity index (χ1) is 8.26. The van der Waals surface area contributed by atoms with Crippen LogP contribution in [0.5, 0.6) is 5.75 Å². The molecule has 0 aliphatic carbocycles. The molecule has 2 aromatic rings. The van der Waals surface area contributed by atoms with E-state index in [0.29, 0.717) is 17.8 Å². The van der Waals surface area contributed by atoms with Crippen LogP contribution >= 0.6 is 0 Å². The fraction of sp³-hybridized carbons (Fsp3) is 0.250. The van der Waals surface area contributed by atoms with Crippen molar-refractivity contribution in [2.45, 2.75) is 19.9 Å². The van der Waals surface area contributed by atoms with Gasteiger partial charge in [0, 0.05) is 6.42 Å². The summed E-state index contributed by atoms with van der Waals surface area (Å²) in [5.41, 5.74) is 0.582. The maximum Gasteiger partial charge on any atom is 0.185 e. The SMILES string of the molecule is CCc1nc(-c2ccccc2O)nn1CC#N.